The monoisotopic (exact) mass is 345 g/mol. The van der Waals surface area contributed by atoms with Crippen LogP contribution in [0.5, 0.6) is 0 Å². The number of thiophene rings is 1. The average Bonchev–Trinajstić information content (AvgIpc) is 2.74. The van der Waals surface area contributed by atoms with Crippen LogP contribution in [0.1, 0.15) is 11.1 Å². The lowest BCUT2D eigenvalue weighted by atomic mass is 10.2. The molecular weight excluding hydrogens is 334 g/mol. The van der Waals surface area contributed by atoms with Gasteiger partial charge in [0.15, 0.2) is 0 Å². The fourth-order valence-electron chi connectivity index (χ4n) is 1.75. The molecule has 2 aromatic rings. The van der Waals surface area contributed by atoms with Gasteiger partial charge < -0.3 is 10.0 Å². The predicted octanol–water partition coefficient (Wildman–Crippen LogP) is 4.29. The number of anilines is 1. The van der Waals surface area contributed by atoms with E-state index in [1.165, 1.54) is 5.56 Å². The molecule has 0 radical (unpaired) electrons. The molecule has 1 aromatic heterocycles. The standard InChI is InChI=1S/C13H13BrClNOS/c1-16(6-10-5-13(14)18-8-10)12-3-2-9(7-17)4-11(12)15/h2-5,8,17H,6-7H2,1H3. The summed E-state index contributed by atoms with van der Waals surface area (Å²) in [5, 5.41) is 11.8. The van der Waals surface area contributed by atoms with E-state index in [1.807, 2.05) is 19.2 Å². The van der Waals surface area contributed by atoms with Crippen LogP contribution in [-0.4, -0.2) is 12.2 Å². The molecule has 5 heteroatoms. The largest absolute Gasteiger partial charge is 0.392 e. The van der Waals surface area contributed by atoms with Crippen LogP contribution < -0.4 is 4.90 Å². The van der Waals surface area contributed by atoms with Crippen LogP contribution in [0.4, 0.5) is 5.69 Å². The molecule has 0 aliphatic carbocycles. The van der Waals surface area contributed by atoms with E-state index in [4.69, 9.17) is 16.7 Å². The minimum absolute atomic E-state index is 0.0151. The van der Waals surface area contributed by atoms with Crippen molar-refractivity contribution in [2.45, 2.75) is 13.2 Å². The summed E-state index contributed by atoms with van der Waals surface area (Å²) >= 11 is 11.3. The maximum atomic E-state index is 9.05. The van der Waals surface area contributed by atoms with Gasteiger partial charge in [0, 0.05) is 13.6 Å². The molecule has 0 amide bonds. The van der Waals surface area contributed by atoms with Crippen molar-refractivity contribution in [2.75, 3.05) is 11.9 Å². The second-order valence-electron chi connectivity index (χ2n) is 4.06. The normalized spacial score (nSPS) is 10.7. The summed E-state index contributed by atoms with van der Waals surface area (Å²) in [6, 6.07) is 7.74. The molecule has 0 atom stereocenters. The van der Waals surface area contributed by atoms with Crippen LogP contribution in [0.25, 0.3) is 0 Å². The Kier molecular flexibility index (Phi) is 4.67. The van der Waals surface area contributed by atoms with Crippen molar-refractivity contribution in [1.82, 2.24) is 0 Å². The van der Waals surface area contributed by atoms with Crippen molar-refractivity contribution in [3.05, 3.63) is 49.6 Å². The number of hydrogen-bond donors (Lipinski definition) is 1. The molecule has 1 heterocycles. The number of aliphatic hydroxyl groups is 1. The van der Waals surface area contributed by atoms with Gasteiger partial charge in [-0.05, 0) is 50.6 Å². The molecule has 1 N–H and O–H groups in total. The summed E-state index contributed by atoms with van der Waals surface area (Å²) in [7, 11) is 2.01. The Morgan fingerprint density at radius 3 is 2.67 bits per heavy atom. The fraction of sp³-hybridized carbons (Fsp3) is 0.231. The highest BCUT2D eigenvalue weighted by Crippen LogP contribution is 2.28. The first-order valence-electron chi connectivity index (χ1n) is 5.43. The number of aliphatic hydroxyl groups excluding tert-OH is 1. The summed E-state index contributed by atoms with van der Waals surface area (Å²) in [5.74, 6) is 0. The van der Waals surface area contributed by atoms with E-state index >= 15 is 0 Å². The minimum atomic E-state index is 0.0151. The van der Waals surface area contributed by atoms with Gasteiger partial charge in [0.25, 0.3) is 0 Å². The van der Waals surface area contributed by atoms with Gasteiger partial charge in [0.2, 0.25) is 0 Å². The third kappa shape index (κ3) is 3.26. The van der Waals surface area contributed by atoms with Crippen molar-refractivity contribution in [1.29, 1.82) is 0 Å². The van der Waals surface area contributed by atoms with Gasteiger partial charge in [0.05, 0.1) is 21.1 Å². The van der Waals surface area contributed by atoms with Crippen molar-refractivity contribution in [3.8, 4) is 0 Å². The summed E-state index contributed by atoms with van der Waals surface area (Å²) in [6.07, 6.45) is 0. The number of rotatable bonds is 4. The molecule has 0 aliphatic heterocycles. The number of nitrogens with zero attached hydrogens (tertiary/aromatic N) is 1. The second kappa shape index (κ2) is 6.06. The van der Waals surface area contributed by atoms with Crippen LogP contribution in [-0.2, 0) is 13.2 Å². The SMILES string of the molecule is CN(Cc1csc(Br)c1)c1ccc(CO)cc1Cl. The molecule has 2 nitrogen and oxygen atoms in total. The lowest BCUT2D eigenvalue weighted by Crippen LogP contribution is -2.16. The zero-order valence-corrected chi connectivity index (χ0v) is 13.0. The van der Waals surface area contributed by atoms with Gasteiger partial charge >= 0.3 is 0 Å². The maximum absolute atomic E-state index is 9.05. The Morgan fingerprint density at radius 1 is 1.33 bits per heavy atom. The van der Waals surface area contributed by atoms with E-state index < -0.39 is 0 Å². The van der Waals surface area contributed by atoms with Crippen LogP contribution >= 0.6 is 38.9 Å². The van der Waals surface area contributed by atoms with Crippen molar-refractivity contribution in [3.63, 3.8) is 0 Å². The van der Waals surface area contributed by atoms with Gasteiger partial charge in [-0.3, -0.25) is 0 Å². The van der Waals surface area contributed by atoms with Crippen molar-refractivity contribution in [2.24, 2.45) is 0 Å². The van der Waals surface area contributed by atoms with Crippen LogP contribution in [0.15, 0.2) is 33.4 Å². The van der Waals surface area contributed by atoms with E-state index in [9.17, 15) is 0 Å². The molecule has 0 aliphatic rings. The topological polar surface area (TPSA) is 23.5 Å². The Bertz CT molecular complexity index is 544. The maximum Gasteiger partial charge on any atom is 0.0701 e. The van der Waals surface area contributed by atoms with Gasteiger partial charge in [-0.1, -0.05) is 17.7 Å². The second-order valence-corrected chi connectivity index (χ2v) is 6.76. The van der Waals surface area contributed by atoms with Crippen molar-refractivity contribution >= 4 is 44.6 Å². The first kappa shape index (κ1) is 13.9. The van der Waals surface area contributed by atoms with Gasteiger partial charge in [-0.25, -0.2) is 0 Å². The molecule has 0 bridgehead atoms. The Balaban J connectivity index is 2.15. The van der Waals surface area contributed by atoms with Crippen LogP contribution in [0.2, 0.25) is 5.02 Å². The number of hydrogen-bond acceptors (Lipinski definition) is 3. The Morgan fingerprint density at radius 2 is 2.11 bits per heavy atom. The number of halogens is 2. The summed E-state index contributed by atoms with van der Waals surface area (Å²) in [6.45, 7) is 0.821. The third-order valence-electron chi connectivity index (χ3n) is 2.65. The quantitative estimate of drug-likeness (QED) is 0.892. The zero-order valence-electron chi connectivity index (χ0n) is 9.86. The summed E-state index contributed by atoms with van der Waals surface area (Å²) in [4.78, 5) is 2.10. The highest BCUT2D eigenvalue weighted by Gasteiger charge is 2.08. The van der Waals surface area contributed by atoms with E-state index in [-0.39, 0.29) is 6.61 Å². The lowest BCUT2D eigenvalue weighted by molar-refractivity contribution is 0.282. The molecule has 0 unspecified atom stereocenters. The molecule has 0 saturated carbocycles. The van der Waals surface area contributed by atoms with Crippen molar-refractivity contribution < 1.29 is 5.11 Å². The van der Waals surface area contributed by atoms with Gasteiger partial charge in [0.1, 0.15) is 0 Å². The van der Waals surface area contributed by atoms with E-state index in [0.29, 0.717) is 5.02 Å². The predicted molar refractivity (Wildman–Crippen MR) is 81.5 cm³/mol. The summed E-state index contributed by atoms with van der Waals surface area (Å²) < 4.78 is 1.13. The van der Waals surface area contributed by atoms with E-state index in [1.54, 1.807) is 17.4 Å². The number of benzene rings is 1. The van der Waals surface area contributed by atoms with E-state index in [0.717, 1.165) is 21.6 Å². The highest BCUT2D eigenvalue weighted by atomic mass is 79.9. The highest BCUT2D eigenvalue weighted by molar-refractivity contribution is 9.11. The van der Waals surface area contributed by atoms with Crippen LogP contribution in [0.3, 0.4) is 0 Å². The van der Waals surface area contributed by atoms with E-state index in [2.05, 4.69) is 32.3 Å². The Labute approximate surface area is 124 Å². The molecule has 18 heavy (non-hydrogen) atoms. The van der Waals surface area contributed by atoms with Gasteiger partial charge in [-0.2, -0.15) is 0 Å². The van der Waals surface area contributed by atoms with Gasteiger partial charge in [-0.15, -0.1) is 11.3 Å². The fourth-order valence-corrected chi connectivity index (χ4v) is 3.29. The Hall–Kier alpha value is -0.550. The summed E-state index contributed by atoms with van der Waals surface area (Å²) in [5.41, 5.74) is 3.04. The first-order valence-corrected chi connectivity index (χ1v) is 7.48. The molecule has 2 rings (SSSR count). The minimum Gasteiger partial charge on any atom is -0.392 e. The molecular formula is C13H13BrClNOS. The molecule has 0 fully saturated rings. The molecule has 0 spiro atoms. The third-order valence-corrected chi connectivity index (χ3v) is 4.50. The van der Waals surface area contributed by atoms with Crippen LogP contribution in [0, 0.1) is 0 Å². The lowest BCUT2D eigenvalue weighted by Gasteiger charge is -2.20. The first-order chi connectivity index (χ1) is 8.60. The molecule has 0 saturated heterocycles. The smallest absolute Gasteiger partial charge is 0.0701 e. The zero-order chi connectivity index (χ0) is 13.1. The average molecular weight is 347 g/mol. The molecule has 96 valence electrons. The molecule has 1 aromatic carbocycles.